The van der Waals surface area contributed by atoms with E-state index in [9.17, 15) is 8.42 Å². The number of hydrogen-bond donors (Lipinski definition) is 1. The highest BCUT2D eigenvalue weighted by molar-refractivity contribution is 7.89. The standard InChI is InChI=1S/C13H22N2O2S/c1-5-11-7-8-12(14)9-13(11)18(16,17)15(6-2)10(3)4/h7-10H,5-6,14H2,1-4H3. The number of nitrogen functional groups attached to an aromatic ring is 1. The molecule has 1 aromatic rings. The molecule has 0 radical (unpaired) electrons. The Kier molecular flexibility index (Phi) is 4.76. The van der Waals surface area contributed by atoms with Gasteiger partial charge >= 0.3 is 0 Å². The zero-order chi connectivity index (χ0) is 13.9. The first-order chi connectivity index (χ1) is 8.34. The fourth-order valence-electron chi connectivity index (χ4n) is 2.04. The summed E-state index contributed by atoms with van der Waals surface area (Å²) in [6.45, 7) is 7.99. The Morgan fingerprint density at radius 2 is 1.89 bits per heavy atom. The monoisotopic (exact) mass is 270 g/mol. The molecule has 0 fully saturated rings. The third kappa shape index (κ3) is 2.84. The number of nitrogens with zero attached hydrogens (tertiary/aromatic N) is 1. The van der Waals surface area contributed by atoms with Crippen molar-refractivity contribution in [1.29, 1.82) is 0 Å². The summed E-state index contributed by atoms with van der Waals surface area (Å²) < 4.78 is 26.7. The van der Waals surface area contributed by atoms with Gasteiger partial charge in [-0.2, -0.15) is 4.31 Å². The molecule has 0 unspecified atom stereocenters. The van der Waals surface area contributed by atoms with Gasteiger partial charge < -0.3 is 5.73 Å². The molecule has 0 amide bonds. The molecule has 2 N–H and O–H groups in total. The molecule has 4 nitrogen and oxygen atoms in total. The van der Waals surface area contributed by atoms with Crippen molar-refractivity contribution in [3.8, 4) is 0 Å². The van der Waals surface area contributed by atoms with Crippen LogP contribution in [0.3, 0.4) is 0 Å². The summed E-state index contributed by atoms with van der Waals surface area (Å²) in [7, 11) is -3.46. The molecule has 0 heterocycles. The van der Waals surface area contributed by atoms with E-state index in [1.54, 1.807) is 18.2 Å². The maximum Gasteiger partial charge on any atom is 0.243 e. The second-order valence-electron chi connectivity index (χ2n) is 4.52. The van der Waals surface area contributed by atoms with Crippen molar-refractivity contribution >= 4 is 15.7 Å². The fourth-order valence-corrected chi connectivity index (χ4v) is 4.02. The molecule has 1 aromatic carbocycles. The molecule has 102 valence electrons. The van der Waals surface area contributed by atoms with Gasteiger partial charge in [-0.15, -0.1) is 0 Å². The lowest BCUT2D eigenvalue weighted by atomic mass is 10.1. The Balaban J connectivity index is 3.39. The molecule has 18 heavy (non-hydrogen) atoms. The van der Waals surface area contributed by atoms with E-state index in [1.165, 1.54) is 4.31 Å². The Hall–Kier alpha value is -1.07. The first-order valence-electron chi connectivity index (χ1n) is 6.24. The second-order valence-corrected chi connectivity index (χ2v) is 6.38. The maximum atomic E-state index is 12.6. The van der Waals surface area contributed by atoms with Crippen LogP contribution in [-0.4, -0.2) is 25.3 Å². The van der Waals surface area contributed by atoms with Gasteiger partial charge in [0.05, 0.1) is 4.90 Å². The third-order valence-corrected chi connectivity index (χ3v) is 5.18. The molecular formula is C13H22N2O2S. The van der Waals surface area contributed by atoms with Crippen LogP contribution in [0.15, 0.2) is 23.1 Å². The van der Waals surface area contributed by atoms with E-state index >= 15 is 0 Å². The van der Waals surface area contributed by atoms with Crippen molar-refractivity contribution in [2.24, 2.45) is 0 Å². The fraction of sp³-hybridized carbons (Fsp3) is 0.538. The van der Waals surface area contributed by atoms with Crippen LogP contribution in [0.4, 0.5) is 5.69 Å². The summed E-state index contributed by atoms with van der Waals surface area (Å²) in [5.74, 6) is 0. The molecule has 0 spiro atoms. The molecule has 0 bridgehead atoms. The van der Waals surface area contributed by atoms with Crippen LogP contribution in [0.5, 0.6) is 0 Å². The third-order valence-electron chi connectivity index (χ3n) is 2.95. The highest BCUT2D eigenvalue weighted by atomic mass is 32.2. The van der Waals surface area contributed by atoms with Gasteiger partial charge in [-0.05, 0) is 38.0 Å². The van der Waals surface area contributed by atoms with Crippen molar-refractivity contribution < 1.29 is 8.42 Å². The molecule has 0 aromatic heterocycles. The van der Waals surface area contributed by atoms with E-state index in [1.807, 2.05) is 27.7 Å². The number of rotatable bonds is 5. The van der Waals surface area contributed by atoms with Gasteiger partial charge in [0.15, 0.2) is 0 Å². The van der Waals surface area contributed by atoms with Crippen LogP contribution >= 0.6 is 0 Å². The van der Waals surface area contributed by atoms with Crippen LogP contribution in [0.2, 0.25) is 0 Å². The first kappa shape index (κ1) is 15.0. The van der Waals surface area contributed by atoms with Crippen molar-refractivity contribution in [3.63, 3.8) is 0 Å². The van der Waals surface area contributed by atoms with Gasteiger partial charge in [0, 0.05) is 18.3 Å². The minimum Gasteiger partial charge on any atom is -0.399 e. The topological polar surface area (TPSA) is 63.4 Å². The van der Waals surface area contributed by atoms with E-state index in [0.717, 1.165) is 5.56 Å². The highest BCUT2D eigenvalue weighted by Gasteiger charge is 2.27. The van der Waals surface area contributed by atoms with Crippen molar-refractivity contribution in [3.05, 3.63) is 23.8 Å². The molecule has 0 aliphatic heterocycles. The zero-order valence-electron chi connectivity index (χ0n) is 11.5. The quantitative estimate of drug-likeness (QED) is 0.835. The average molecular weight is 270 g/mol. The number of hydrogen-bond acceptors (Lipinski definition) is 3. The number of benzene rings is 1. The minimum absolute atomic E-state index is 0.0638. The van der Waals surface area contributed by atoms with Crippen LogP contribution in [0, 0.1) is 0 Å². The van der Waals surface area contributed by atoms with Crippen molar-refractivity contribution in [2.45, 2.75) is 45.1 Å². The van der Waals surface area contributed by atoms with E-state index in [4.69, 9.17) is 5.73 Å². The Morgan fingerprint density at radius 3 is 2.33 bits per heavy atom. The lowest BCUT2D eigenvalue weighted by Gasteiger charge is -2.25. The summed E-state index contributed by atoms with van der Waals surface area (Å²) >= 11 is 0. The summed E-state index contributed by atoms with van der Waals surface area (Å²) in [5, 5.41) is 0. The highest BCUT2D eigenvalue weighted by Crippen LogP contribution is 2.24. The summed E-state index contributed by atoms with van der Waals surface area (Å²) in [6.07, 6.45) is 0.671. The van der Waals surface area contributed by atoms with Crippen molar-refractivity contribution in [2.75, 3.05) is 12.3 Å². The largest absolute Gasteiger partial charge is 0.399 e. The Labute approximate surface area is 110 Å². The van der Waals surface area contributed by atoms with Crippen LogP contribution in [0.1, 0.15) is 33.3 Å². The second kappa shape index (κ2) is 5.71. The number of aryl methyl sites for hydroxylation is 1. The van der Waals surface area contributed by atoms with Gasteiger partial charge in [-0.3, -0.25) is 0 Å². The SMILES string of the molecule is CCc1ccc(N)cc1S(=O)(=O)N(CC)C(C)C. The first-order valence-corrected chi connectivity index (χ1v) is 7.68. The van der Waals surface area contributed by atoms with Crippen LogP contribution in [0.25, 0.3) is 0 Å². The van der Waals surface area contributed by atoms with E-state index in [-0.39, 0.29) is 6.04 Å². The normalized spacial score (nSPS) is 12.3. The predicted molar refractivity (Wildman–Crippen MR) is 74.9 cm³/mol. The minimum atomic E-state index is -3.46. The summed E-state index contributed by atoms with van der Waals surface area (Å²) in [5.41, 5.74) is 7.00. The lowest BCUT2D eigenvalue weighted by molar-refractivity contribution is 0.369. The number of anilines is 1. The number of nitrogens with two attached hydrogens (primary N) is 1. The Bertz CT molecular complexity index is 510. The van der Waals surface area contributed by atoms with Crippen molar-refractivity contribution in [1.82, 2.24) is 4.31 Å². The van der Waals surface area contributed by atoms with Crippen LogP contribution < -0.4 is 5.73 Å². The predicted octanol–water partition coefficient (Wildman–Crippen LogP) is 2.25. The van der Waals surface area contributed by atoms with Crippen LogP contribution in [-0.2, 0) is 16.4 Å². The molecule has 5 heteroatoms. The molecule has 0 saturated carbocycles. The van der Waals surface area contributed by atoms with Gasteiger partial charge in [-0.25, -0.2) is 8.42 Å². The van der Waals surface area contributed by atoms with E-state index in [0.29, 0.717) is 23.5 Å². The van der Waals surface area contributed by atoms with Gasteiger partial charge in [0.25, 0.3) is 0 Å². The molecule has 0 saturated heterocycles. The molecular weight excluding hydrogens is 248 g/mol. The van der Waals surface area contributed by atoms with E-state index in [2.05, 4.69) is 0 Å². The maximum absolute atomic E-state index is 12.6. The van der Waals surface area contributed by atoms with Gasteiger partial charge in [-0.1, -0.05) is 19.9 Å². The van der Waals surface area contributed by atoms with Gasteiger partial charge in [0.2, 0.25) is 10.0 Å². The average Bonchev–Trinajstić information content (AvgIpc) is 2.28. The molecule has 1 rings (SSSR count). The lowest BCUT2D eigenvalue weighted by Crippen LogP contribution is -2.37. The molecule has 0 aliphatic rings. The Morgan fingerprint density at radius 1 is 1.28 bits per heavy atom. The summed E-state index contributed by atoms with van der Waals surface area (Å²) in [6, 6.07) is 5.02. The van der Waals surface area contributed by atoms with Gasteiger partial charge in [0.1, 0.15) is 0 Å². The van der Waals surface area contributed by atoms with E-state index < -0.39 is 10.0 Å². The number of sulfonamides is 1. The summed E-state index contributed by atoms with van der Waals surface area (Å²) in [4.78, 5) is 0.334. The smallest absolute Gasteiger partial charge is 0.243 e. The zero-order valence-corrected chi connectivity index (χ0v) is 12.3. The molecule has 0 atom stereocenters. The molecule has 0 aliphatic carbocycles.